The standard InChI is InChI=1S/C21H23FN4O/c1-25-5-3-14(4-6-25)21(27)10-18-7-15-8-19(17-12-24-26(2)13-17)20(22)9-16(15)11-23-18/h7-9,11-14H,3-6,10H2,1-2H3. The Kier molecular flexibility index (Phi) is 4.74. The van der Waals surface area contributed by atoms with Crippen LogP contribution in [-0.2, 0) is 18.3 Å². The molecule has 0 saturated carbocycles. The van der Waals surface area contributed by atoms with Crippen LogP contribution in [0.15, 0.2) is 36.8 Å². The molecule has 5 nitrogen and oxygen atoms in total. The van der Waals surface area contributed by atoms with Gasteiger partial charge in [0.15, 0.2) is 0 Å². The fourth-order valence-electron chi connectivity index (χ4n) is 3.74. The van der Waals surface area contributed by atoms with Crippen molar-refractivity contribution in [1.29, 1.82) is 0 Å². The highest BCUT2D eigenvalue weighted by Crippen LogP contribution is 2.28. The first-order valence-corrected chi connectivity index (χ1v) is 9.28. The van der Waals surface area contributed by atoms with Gasteiger partial charge >= 0.3 is 0 Å². The molecular formula is C21H23FN4O. The number of aromatic nitrogens is 3. The number of fused-ring (bicyclic) bond motifs is 1. The largest absolute Gasteiger partial charge is 0.306 e. The van der Waals surface area contributed by atoms with Gasteiger partial charge in [-0.1, -0.05) is 0 Å². The Hall–Kier alpha value is -2.60. The van der Waals surface area contributed by atoms with Gasteiger partial charge in [-0.2, -0.15) is 5.10 Å². The first-order chi connectivity index (χ1) is 13.0. The van der Waals surface area contributed by atoms with Crippen molar-refractivity contribution >= 4 is 16.6 Å². The van der Waals surface area contributed by atoms with Crippen LogP contribution in [0, 0.1) is 11.7 Å². The highest BCUT2D eigenvalue weighted by atomic mass is 19.1. The van der Waals surface area contributed by atoms with Crippen molar-refractivity contribution in [3.8, 4) is 11.1 Å². The van der Waals surface area contributed by atoms with E-state index in [4.69, 9.17) is 0 Å². The molecule has 6 heteroatoms. The molecule has 0 bridgehead atoms. The molecule has 4 rings (SSSR count). The molecule has 0 unspecified atom stereocenters. The SMILES string of the molecule is CN1CCC(C(=O)Cc2cc3cc(-c4cnn(C)c4)c(F)cc3cn2)CC1. The minimum atomic E-state index is -0.299. The average molecular weight is 366 g/mol. The number of carbonyl (C=O) groups is 1. The van der Waals surface area contributed by atoms with Crippen molar-refractivity contribution in [1.82, 2.24) is 19.7 Å². The third kappa shape index (κ3) is 3.76. The first-order valence-electron chi connectivity index (χ1n) is 9.28. The second kappa shape index (κ2) is 7.19. The molecule has 0 atom stereocenters. The van der Waals surface area contributed by atoms with E-state index >= 15 is 0 Å². The number of Topliss-reactive ketones (excluding diaryl/α,β-unsaturated/α-hetero) is 1. The maximum atomic E-state index is 14.5. The fourth-order valence-corrected chi connectivity index (χ4v) is 3.74. The summed E-state index contributed by atoms with van der Waals surface area (Å²) >= 11 is 0. The Bertz CT molecular complexity index is 989. The van der Waals surface area contributed by atoms with Crippen molar-refractivity contribution in [2.45, 2.75) is 19.3 Å². The summed E-state index contributed by atoms with van der Waals surface area (Å²) in [4.78, 5) is 19.3. The average Bonchev–Trinajstić information content (AvgIpc) is 3.08. The van der Waals surface area contributed by atoms with E-state index in [1.807, 2.05) is 12.1 Å². The van der Waals surface area contributed by atoms with Gasteiger partial charge in [-0.3, -0.25) is 14.5 Å². The summed E-state index contributed by atoms with van der Waals surface area (Å²) in [5.74, 6) is 0.0786. The van der Waals surface area contributed by atoms with Crippen molar-refractivity contribution in [2.75, 3.05) is 20.1 Å². The first kappa shape index (κ1) is 17.8. The molecule has 1 aliphatic heterocycles. The van der Waals surface area contributed by atoms with Gasteiger partial charge in [-0.25, -0.2) is 4.39 Å². The summed E-state index contributed by atoms with van der Waals surface area (Å²) < 4.78 is 16.1. The fraction of sp³-hybridized carbons (Fsp3) is 0.381. The quantitative estimate of drug-likeness (QED) is 0.711. The molecule has 27 heavy (non-hydrogen) atoms. The van der Waals surface area contributed by atoms with Crippen molar-refractivity contribution in [3.63, 3.8) is 0 Å². The number of hydrogen-bond acceptors (Lipinski definition) is 4. The normalized spacial score (nSPS) is 16.1. The zero-order valence-electron chi connectivity index (χ0n) is 15.7. The predicted molar refractivity (Wildman–Crippen MR) is 103 cm³/mol. The molecule has 3 heterocycles. The number of halogens is 1. The number of rotatable bonds is 4. The van der Waals surface area contributed by atoms with E-state index in [-0.39, 0.29) is 17.5 Å². The van der Waals surface area contributed by atoms with E-state index < -0.39 is 0 Å². The minimum absolute atomic E-state index is 0.123. The number of carbonyl (C=O) groups excluding carboxylic acids is 1. The lowest BCUT2D eigenvalue weighted by atomic mass is 9.90. The monoisotopic (exact) mass is 366 g/mol. The molecule has 1 aromatic carbocycles. The Balaban J connectivity index is 1.59. The van der Waals surface area contributed by atoms with Gasteiger partial charge in [0.1, 0.15) is 11.6 Å². The van der Waals surface area contributed by atoms with Crippen LogP contribution in [-0.4, -0.2) is 45.6 Å². The molecule has 140 valence electrons. The van der Waals surface area contributed by atoms with Gasteiger partial charge in [0, 0.05) is 54.0 Å². The van der Waals surface area contributed by atoms with Crippen LogP contribution in [0.5, 0.6) is 0 Å². The Morgan fingerprint density at radius 1 is 1.15 bits per heavy atom. The highest BCUT2D eigenvalue weighted by molar-refractivity contribution is 5.89. The highest BCUT2D eigenvalue weighted by Gasteiger charge is 2.23. The minimum Gasteiger partial charge on any atom is -0.306 e. The molecule has 1 aliphatic rings. The summed E-state index contributed by atoms with van der Waals surface area (Å²) in [7, 11) is 3.89. The van der Waals surface area contributed by atoms with Crippen LogP contribution in [0.25, 0.3) is 21.9 Å². The number of likely N-dealkylation sites (tertiary alicyclic amines) is 1. The number of nitrogens with zero attached hydrogens (tertiary/aromatic N) is 4. The van der Waals surface area contributed by atoms with Gasteiger partial charge in [0.25, 0.3) is 0 Å². The van der Waals surface area contributed by atoms with Gasteiger partial charge in [-0.15, -0.1) is 0 Å². The molecular weight excluding hydrogens is 343 g/mol. The zero-order valence-corrected chi connectivity index (χ0v) is 15.7. The van der Waals surface area contributed by atoms with Gasteiger partial charge < -0.3 is 4.90 Å². The van der Waals surface area contributed by atoms with Crippen LogP contribution in [0.2, 0.25) is 0 Å². The lowest BCUT2D eigenvalue weighted by Crippen LogP contribution is -2.34. The second-order valence-corrected chi connectivity index (χ2v) is 7.48. The summed E-state index contributed by atoms with van der Waals surface area (Å²) in [6.45, 7) is 1.94. The third-order valence-electron chi connectivity index (χ3n) is 5.41. The Morgan fingerprint density at radius 2 is 1.93 bits per heavy atom. The molecule has 0 radical (unpaired) electrons. The molecule has 1 saturated heterocycles. The molecule has 0 aliphatic carbocycles. The number of hydrogen-bond donors (Lipinski definition) is 0. The zero-order chi connectivity index (χ0) is 19.0. The van der Waals surface area contributed by atoms with Crippen molar-refractivity contribution in [2.24, 2.45) is 13.0 Å². The molecule has 0 N–H and O–H groups in total. The summed E-state index contributed by atoms with van der Waals surface area (Å²) in [5, 5.41) is 5.74. The van der Waals surface area contributed by atoms with Crippen LogP contribution >= 0.6 is 0 Å². The Morgan fingerprint density at radius 3 is 2.63 bits per heavy atom. The van der Waals surface area contributed by atoms with E-state index in [1.54, 1.807) is 30.3 Å². The number of aryl methyl sites for hydroxylation is 1. The number of piperidine rings is 1. The number of pyridine rings is 1. The molecule has 0 spiro atoms. The molecule has 1 fully saturated rings. The van der Waals surface area contributed by atoms with Gasteiger partial charge in [0.05, 0.1) is 6.20 Å². The number of ketones is 1. The summed E-state index contributed by atoms with van der Waals surface area (Å²) in [5.41, 5.74) is 1.99. The van der Waals surface area contributed by atoms with Crippen molar-refractivity contribution < 1.29 is 9.18 Å². The molecule has 0 amide bonds. The van der Waals surface area contributed by atoms with Crippen LogP contribution in [0.3, 0.4) is 0 Å². The molecule has 3 aromatic rings. The summed E-state index contributed by atoms with van der Waals surface area (Å²) in [6.07, 6.45) is 7.26. The maximum Gasteiger partial charge on any atom is 0.142 e. The topological polar surface area (TPSA) is 51.0 Å². The van der Waals surface area contributed by atoms with Crippen LogP contribution in [0.4, 0.5) is 4.39 Å². The predicted octanol–water partition coefficient (Wildman–Crippen LogP) is 3.23. The molecule has 2 aromatic heterocycles. The lowest BCUT2D eigenvalue weighted by Gasteiger charge is -2.27. The van der Waals surface area contributed by atoms with E-state index in [1.165, 1.54) is 6.07 Å². The van der Waals surface area contributed by atoms with Crippen LogP contribution in [0.1, 0.15) is 18.5 Å². The van der Waals surface area contributed by atoms with Crippen LogP contribution < -0.4 is 0 Å². The maximum absolute atomic E-state index is 14.5. The number of benzene rings is 1. The van der Waals surface area contributed by atoms with E-state index in [0.29, 0.717) is 12.0 Å². The van der Waals surface area contributed by atoms with E-state index in [9.17, 15) is 9.18 Å². The smallest absolute Gasteiger partial charge is 0.142 e. The summed E-state index contributed by atoms with van der Waals surface area (Å²) in [6, 6.07) is 5.21. The Labute approximate surface area is 157 Å². The van der Waals surface area contributed by atoms with E-state index in [2.05, 4.69) is 22.0 Å². The lowest BCUT2D eigenvalue weighted by molar-refractivity contribution is -0.123. The van der Waals surface area contributed by atoms with E-state index in [0.717, 1.165) is 48.0 Å². The van der Waals surface area contributed by atoms with Gasteiger partial charge in [0.2, 0.25) is 0 Å². The second-order valence-electron chi connectivity index (χ2n) is 7.48. The third-order valence-corrected chi connectivity index (χ3v) is 5.41. The van der Waals surface area contributed by atoms with Gasteiger partial charge in [-0.05, 0) is 56.6 Å². The van der Waals surface area contributed by atoms with Crippen molar-refractivity contribution in [3.05, 3.63) is 48.3 Å².